The first-order valence-electron chi connectivity index (χ1n) is 6.94. The van der Waals surface area contributed by atoms with Crippen LogP contribution in [0.2, 0.25) is 0 Å². The van der Waals surface area contributed by atoms with Gasteiger partial charge in [-0.3, -0.25) is 0 Å². The molecule has 2 N–H and O–H groups in total. The van der Waals surface area contributed by atoms with Crippen LogP contribution < -0.4 is 10.1 Å². The maximum atomic E-state index is 10.1. The Hall–Kier alpha value is -1.26. The molecule has 1 fully saturated rings. The van der Waals surface area contributed by atoms with Gasteiger partial charge in [0.25, 0.3) is 0 Å². The van der Waals surface area contributed by atoms with Gasteiger partial charge < -0.3 is 19.9 Å². The SMILES string of the molecule is CCOc1cccc(CNC2CCC(OC)C2)c1O. The average Bonchev–Trinajstić information content (AvgIpc) is 2.88. The van der Waals surface area contributed by atoms with Gasteiger partial charge in [0.05, 0.1) is 12.7 Å². The minimum absolute atomic E-state index is 0.248. The summed E-state index contributed by atoms with van der Waals surface area (Å²) < 4.78 is 10.7. The first-order chi connectivity index (χ1) is 9.24. The van der Waals surface area contributed by atoms with Crippen molar-refractivity contribution < 1.29 is 14.6 Å². The molecular formula is C15H23NO3. The Labute approximate surface area is 114 Å². The quantitative estimate of drug-likeness (QED) is 0.829. The highest BCUT2D eigenvalue weighted by atomic mass is 16.5. The van der Waals surface area contributed by atoms with Crippen molar-refractivity contribution in [3.63, 3.8) is 0 Å². The van der Waals surface area contributed by atoms with Crippen LogP contribution in [0.15, 0.2) is 18.2 Å². The monoisotopic (exact) mass is 265 g/mol. The number of nitrogens with one attached hydrogen (secondary N) is 1. The summed E-state index contributed by atoms with van der Waals surface area (Å²) in [4.78, 5) is 0. The predicted molar refractivity (Wildman–Crippen MR) is 74.6 cm³/mol. The van der Waals surface area contributed by atoms with E-state index >= 15 is 0 Å². The van der Waals surface area contributed by atoms with Gasteiger partial charge in [0.1, 0.15) is 0 Å². The Kier molecular flexibility index (Phi) is 5.05. The van der Waals surface area contributed by atoms with E-state index in [0.717, 1.165) is 24.8 Å². The summed E-state index contributed by atoms with van der Waals surface area (Å²) in [5, 5.41) is 13.6. The summed E-state index contributed by atoms with van der Waals surface area (Å²) in [6, 6.07) is 6.10. The molecule has 2 rings (SSSR count). The van der Waals surface area contributed by atoms with Crippen LogP contribution in [-0.2, 0) is 11.3 Å². The third-order valence-corrected chi connectivity index (χ3v) is 3.68. The molecule has 0 heterocycles. The minimum Gasteiger partial charge on any atom is -0.504 e. The number of phenols is 1. The Morgan fingerprint density at radius 1 is 1.37 bits per heavy atom. The standard InChI is InChI=1S/C15H23NO3/c1-3-19-14-6-4-5-11(15(14)17)10-16-12-7-8-13(9-12)18-2/h4-6,12-13,16-17H,3,7-10H2,1-2H3. The molecular weight excluding hydrogens is 242 g/mol. The summed E-state index contributed by atoms with van der Waals surface area (Å²) >= 11 is 0. The van der Waals surface area contributed by atoms with Crippen molar-refractivity contribution in [2.75, 3.05) is 13.7 Å². The Bertz CT molecular complexity index is 408. The zero-order valence-corrected chi connectivity index (χ0v) is 11.7. The fraction of sp³-hybridized carbons (Fsp3) is 0.600. The highest BCUT2D eigenvalue weighted by Crippen LogP contribution is 2.30. The average molecular weight is 265 g/mol. The molecule has 2 unspecified atom stereocenters. The number of para-hydroxylation sites is 1. The molecule has 1 aliphatic rings. The van der Waals surface area contributed by atoms with Crippen LogP contribution in [-0.4, -0.2) is 31.0 Å². The summed E-state index contributed by atoms with van der Waals surface area (Å²) in [7, 11) is 1.77. The van der Waals surface area contributed by atoms with E-state index in [1.807, 2.05) is 19.1 Å². The lowest BCUT2D eigenvalue weighted by Gasteiger charge is -2.15. The van der Waals surface area contributed by atoms with Crippen molar-refractivity contribution in [2.24, 2.45) is 0 Å². The Morgan fingerprint density at radius 2 is 2.21 bits per heavy atom. The lowest BCUT2D eigenvalue weighted by Crippen LogP contribution is -2.26. The molecule has 2 atom stereocenters. The van der Waals surface area contributed by atoms with Gasteiger partial charge in [0.2, 0.25) is 0 Å². The second-order valence-corrected chi connectivity index (χ2v) is 4.95. The minimum atomic E-state index is 0.248. The van der Waals surface area contributed by atoms with E-state index in [2.05, 4.69) is 5.32 Å². The zero-order chi connectivity index (χ0) is 13.7. The molecule has 0 saturated heterocycles. The third-order valence-electron chi connectivity index (χ3n) is 3.68. The van der Waals surface area contributed by atoms with Crippen LogP contribution in [0.4, 0.5) is 0 Å². The van der Waals surface area contributed by atoms with Gasteiger partial charge in [-0.25, -0.2) is 0 Å². The summed E-state index contributed by atoms with van der Waals surface area (Å²) in [5.41, 5.74) is 0.881. The van der Waals surface area contributed by atoms with Gasteiger partial charge in [0, 0.05) is 25.3 Å². The Balaban J connectivity index is 1.91. The van der Waals surface area contributed by atoms with Crippen molar-refractivity contribution >= 4 is 0 Å². The number of ether oxygens (including phenoxy) is 2. The molecule has 0 bridgehead atoms. The van der Waals surface area contributed by atoms with Gasteiger partial charge in [-0.05, 0) is 32.3 Å². The van der Waals surface area contributed by atoms with E-state index in [1.54, 1.807) is 13.2 Å². The van der Waals surface area contributed by atoms with Crippen LogP contribution in [0.3, 0.4) is 0 Å². The lowest BCUT2D eigenvalue weighted by molar-refractivity contribution is 0.107. The molecule has 1 aromatic rings. The van der Waals surface area contributed by atoms with Gasteiger partial charge in [0.15, 0.2) is 11.5 Å². The summed E-state index contributed by atoms with van der Waals surface area (Å²) in [6.07, 6.45) is 3.66. The van der Waals surface area contributed by atoms with Crippen molar-refractivity contribution in [1.82, 2.24) is 5.32 Å². The van der Waals surface area contributed by atoms with E-state index in [1.165, 1.54) is 0 Å². The maximum Gasteiger partial charge on any atom is 0.162 e. The van der Waals surface area contributed by atoms with E-state index in [-0.39, 0.29) is 5.75 Å². The molecule has 1 aliphatic carbocycles. The molecule has 0 aromatic heterocycles. The smallest absolute Gasteiger partial charge is 0.162 e. The number of phenolic OH excluding ortho intramolecular Hbond substituents is 1. The number of aromatic hydroxyl groups is 1. The van der Waals surface area contributed by atoms with E-state index in [4.69, 9.17) is 9.47 Å². The molecule has 0 spiro atoms. The van der Waals surface area contributed by atoms with E-state index < -0.39 is 0 Å². The van der Waals surface area contributed by atoms with E-state index in [0.29, 0.717) is 31.0 Å². The van der Waals surface area contributed by atoms with Crippen molar-refractivity contribution in [3.8, 4) is 11.5 Å². The van der Waals surface area contributed by atoms with Crippen LogP contribution in [0.1, 0.15) is 31.7 Å². The predicted octanol–water partition coefficient (Wildman–Crippen LogP) is 2.45. The zero-order valence-electron chi connectivity index (χ0n) is 11.7. The topological polar surface area (TPSA) is 50.7 Å². The molecule has 106 valence electrons. The molecule has 1 saturated carbocycles. The highest BCUT2D eigenvalue weighted by Gasteiger charge is 2.24. The lowest BCUT2D eigenvalue weighted by atomic mass is 10.1. The molecule has 4 heteroatoms. The number of benzene rings is 1. The number of hydrogen-bond acceptors (Lipinski definition) is 4. The number of hydrogen-bond donors (Lipinski definition) is 2. The normalized spacial score (nSPS) is 22.6. The van der Waals surface area contributed by atoms with Crippen LogP contribution in [0.25, 0.3) is 0 Å². The molecule has 0 amide bonds. The van der Waals surface area contributed by atoms with Crippen LogP contribution >= 0.6 is 0 Å². The molecule has 19 heavy (non-hydrogen) atoms. The summed E-state index contributed by atoms with van der Waals surface area (Å²) in [6.45, 7) is 3.13. The van der Waals surface area contributed by atoms with Crippen molar-refractivity contribution in [3.05, 3.63) is 23.8 Å². The number of methoxy groups -OCH3 is 1. The van der Waals surface area contributed by atoms with Crippen molar-refractivity contribution in [2.45, 2.75) is 44.9 Å². The fourth-order valence-corrected chi connectivity index (χ4v) is 2.58. The molecule has 0 radical (unpaired) electrons. The van der Waals surface area contributed by atoms with Crippen LogP contribution in [0, 0.1) is 0 Å². The largest absolute Gasteiger partial charge is 0.504 e. The molecule has 1 aromatic carbocycles. The molecule has 4 nitrogen and oxygen atoms in total. The second kappa shape index (κ2) is 6.78. The molecule has 0 aliphatic heterocycles. The van der Waals surface area contributed by atoms with E-state index in [9.17, 15) is 5.11 Å². The van der Waals surface area contributed by atoms with Gasteiger partial charge in [-0.1, -0.05) is 12.1 Å². The van der Waals surface area contributed by atoms with Gasteiger partial charge in [-0.15, -0.1) is 0 Å². The number of rotatable bonds is 6. The summed E-state index contributed by atoms with van der Waals surface area (Å²) in [5.74, 6) is 0.807. The second-order valence-electron chi connectivity index (χ2n) is 4.95. The van der Waals surface area contributed by atoms with Gasteiger partial charge in [-0.2, -0.15) is 0 Å². The highest BCUT2D eigenvalue weighted by molar-refractivity contribution is 5.45. The van der Waals surface area contributed by atoms with Crippen molar-refractivity contribution in [1.29, 1.82) is 0 Å². The van der Waals surface area contributed by atoms with Crippen LogP contribution in [0.5, 0.6) is 11.5 Å². The fourth-order valence-electron chi connectivity index (χ4n) is 2.58. The Morgan fingerprint density at radius 3 is 2.89 bits per heavy atom. The third kappa shape index (κ3) is 3.61. The first kappa shape index (κ1) is 14.2. The maximum absolute atomic E-state index is 10.1. The van der Waals surface area contributed by atoms with Gasteiger partial charge >= 0.3 is 0 Å². The first-order valence-corrected chi connectivity index (χ1v) is 6.94.